The average Bonchev–Trinajstić information content (AvgIpc) is 2.69. The van der Waals surface area contributed by atoms with E-state index in [1.807, 2.05) is 13.8 Å². The van der Waals surface area contributed by atoms with Crippen LogP contribution in [0.1, 0.15) is 30.8 Å². The Hall–Kier alpha value is -1.84. The van der Waals surface area contributed by atoms with Crippen LogP contribution >= 0.6 is 0 Å². The molecule has 2 aromatic rings. The van der Waals surface area contributed by atoms with Gasteiger partial charge in [-0.05, 0) is 31.5 Å². The Bertz CT molecular complexity index is 589. The van der Waals surface area contributed by atoms with Crippen molar-refractivity contribution in [3.63, 3.8) is 0 Å². The van der Waals surface area contributed by atoms with Gasteiger partial charge in [0.1, 0.15) is 11.5 Å². The number of hydrogen-bond acceptors (Lipinski definition) is 1. The number of benzene rings is 1. The first-order chi connectivity index (χ1) is 8.54. The Morgan fingerprint density at radius 2 is 2.22 bits per heavy atom. The number of aryl methyl sites for hydroxylation is 1. The fourth-order valence-corrected chi connectivity index (χ4v) is 1.94. The number of carbonyl (C=O) groups excluding carboxylic acids is 1. The number of amides is 1. The molecule has 96 valence electrons. The van der Waals surface area contributed by atoms with E-state index in [-0.39, 0.29) is 17.8 Å². The molecule has 1 heterocycles. The van der Waals surface area contributed by atoms with Crippen molar-refractivity contribution in [1.82, 2.24) is 9.88 Å². The third-order valence-corrected chi connectivity index (χ3v) is 3.26. The minimum Gasteiger partial charge on any atom is -0.348 e. The highest BCUT2D eigenvalue weighted by Gasteiger charge is 2.16. The largest absolute Gasteiger partial charge is 0.348 e. The lowest BCUT2D eigenvalue weighted by Crippen LogP contribution is -2.33. The van der Waals surface area contributed by atoms with Gasteiger partial charge in [0.05, 0.1) is 5.52 Å². The fourth-order valence-electron chi connectivity index (χ4n) is 1.94. The van der Waals surface area contributed by atoms with Gasteiger partial charge in [-0.25, -0.2) is 4.39 Å². The van der Waals surface area contributed by atoms with E-state index in [2.05, 4.69) is 5.32 Å². The van der Waals surface area contributed by atoms with Crippen LogP contribution in [0.25, 0.3) is 10.9 Å². The van der Waals surface area contributed by atoms with Crippen molar-refractivity contribution >= 4 is 16.8 Å². The van der Waals surface area contributed by atoms with Crippen LogP contribution in [-0.2, 0) is 7.05 Å². The molecule has 1 atom stereocenters. The van der Waals surface area contributed by atoms with E-state index < -0.39 is 0 Å². The molecule has 3 nitrogen and oxygen atoms in total. The van der Waals surface area contributed by atoms with E-state index in [4.69, 9.17) is 0 Å². The third-order valence-electron chi connectivity index (χ3n) is 3.26. The van der Waals surface area contributed by atoms with Crippen LogP contribution in [0.5, 0.6) is 0 Å². The van der Waals surface area contributed by atoms with E-state index in [1.165, 1.54) is 6.07 Å². The van der Waals surface area contributed by atoms with Crippen molar-refractivity contribution in [3.05, 3.63) is 35.8 Å². The molecular weight excluding hydrogens is 231 g/mol. The summed E-state index contributed by atoms with van der Waals surface area (Å²) < 4.78 is 15.3. The van der Waals surface area contributed by atoms with Gasteiger partial charge in [0.2, 0.25) is 0 Å². The van der Waals surface area contributed by atoms with Gasteiger partial charge in [0, 0.05) is 18.5 Å². The summed E-state index contributed by atoms with van der Waals surface area (Å²) in [5.41, 5.74) is 1.21. The Morgan fingerprint density at radius 1 is 1.50 bits per heavy atom. The van der Waals surface area contributed by atoms with Gasteiger partial charge in [0.25, 0.3) is 5.91 Å². The summed E-state index contributed by atoms with van der Waals surface area (Å²) in [6.07, 6.45) is 0.865. The molecule has 0 aliphatic heterocycles. The second-order valence-corrected chi connectivity index (χ2v) is 4.54. The van der Waals surface area contributed by atoms with E-state index in [9.17, 15) is 9.18 Å². The van der Waals surface area contributed by atoms with Crippen LogP contribution in [-0.4, -0.2) is 16.5 Å². The maximum Gasteiger partial charge on any atom is 0.268 e. The number of nitrogens with zero attached hydrogens (tertiary/aromatic N) is 1. The van der Waals surface area contributed by atoms with Crippen LogP contribution in [0, 0.1) is 5.82 Å². The van der Waals surface area contributed by atoms with Crippen molar-refractivity contribution in [2.45, 2.75) is 26.3 Å². The highest BCUT2D eigenvalue weighted by atomic mass is 19.1. The molecule has 0 aliphatic carbocycles. The summed E-state index contributed by atoms with van der Waals surface area (Å²) >= 11 is 0. The molecule has 0 fully saturated rings. The first kappa shape index (κ1) is 12.6. The van der Waals surface area contributed by atoms with E-state index >= 15 is 0 Å². The highest BCUT2D eigenvalue weighted by molar-refractivity contribution is 5.98. The number of nitrogens with one attached hydrogen (secondary N) is 1. The molecule has 0 bridgehead atoms. The van der Waals surface area contributed by atoms with Crippen molar-refractivity contribution in [1.29, 1.82) is 0 Å². The maximum atomic E-state index is 13.6. The van der Waals surface area contributed by atoms with E-state index in [0.717, 1.165) is 11.9 Å². The second-order valence-electron chi connectivity index (χ2n) is 4.54. The van der Waals surface area contributed by atoms with Crippen molar-refractivity contribution in [3.8, 4) is 0 Å². The first-order valence-electron chi connectivity index (χ1n) is 6.09. The van der Waals surface area contributed by atoms with E-state index in [1.54, 1.807) is 29.8 Å². The SMILES string of the molecule is CCC(C)NC(=O)c1cc2c(F)cccc2n1C. The Balaban J connectivity index is 2.43. The van der Waals surface area contributed by atoms with Gasteiger partial charge in [-0.2, -0.15) is 0 Å². The minimum atomic E-state index is -0.300. The van der Waals surface area contributed by atoms with Crippen LogP contribution in [0.3, 0.4) is 0 Å². The molecule has 0 spiro atoms. The van der Waals surface area contributed by atoms with Gasteiger partial charge in [-0.15, -0.1) is 0 Å². The fraction of sp³-hybridized carbons (Fsp3) is 0.357. The second kappa shape index (κ2) is 4.80. The Morgan fingerprint density at radius 3 is 2.83 bits per heavy atom. The average molecular weight is 248 g/mol. The minimum absolute atomic E-state index is 0.111. The summed E-state index contributed by atoms with van der Waals surface area (Å²) in [4.78, 5) is 12.1. The molecule has 1 amide bonds. The van der Waals surface area contributed by atoms with Gasteiger partial charge in [-0.3, -0.25) is 4.79 Å². The smallest absolute Gasteiger partial charge is 0.268 e. The van der Waals surface area contributed by atoms with Crippen molar-refractivity contribution in [2.24, 2.45) is 7.05 Å². The van der Waals surface area contributed by atoms with Crippen LogP contribution < -0.4 is 5.32 Å². The van der Waals surface area contributed by atoms with Gasteiger partial charge in [-0.1, -0.05) is 13.0 Å². The number of hydrogen-bond donors (Lipinski definition) is 1. The van der Waals surface area contributed by atoms with Gasteiger partial charge in [0.15, 0.2) is 0 Å². The lowest BCUT2D eigenvalue weighted by molar-refractivity contribution is 0.0931. The normalized spacial score (nSPS) is 12.7. The summed E-state index contributed by atoms with van der Waals surface area (Å²) in [5.74, 6) is -0.465. The zero-order chi connectivity index (χ0) is 13.3. The predicted octanol–water partition coefficient (Wildman–Crippen LogP) is 2.85. The highest BCUT2D eigenvalue weighted by Crippen LogP contribution is 2.21. The number of fused-ring (bicyclic) bond motifs is 1. The standard InChI is InChI=1S/C14H17FN2O/c1-4-9(2)16-14(18)13-8-10-11(15)6-5-7-12(10)17(13)3/h5-9H,4H2,1-3H3,(H,16,18). The lowest BCUT2D eigenvalue weighted by atomic mass is 10.2. The maximum absolute atomic E-state index is 13.6. The summed E-state index contributed by atoms with van der Waals surface area (Å²) in [5, 5.41) is 3.37. The number of rotatable bonds is 3. The molecular formula is C14H17FN2O. The van der Waals surface area contributed by atoms with Crippen LogP contribution in [0.15, 0.2) is 24.3 Å². The Kier molecular flexibility index (Phi) is 3.36. The Labute approximate surface area is 106 Å². The number of aromatic nitrogens is 1. The van der Waals surface area contributed by atoms with Gasteiger partial charge < -0.3 is 9.88 Å². The summed E-state index contributed by atoms with van der Waals surface area (Å²) in [7, 11) is 1.77. The van der Waals surface area contributed by atoms with Crippen molar-refractivity contribution in [2.75, 3.05) is 0 Å². The lowest BCUT2D eigenvalue weighted by Gasteiger charge is -2.11. The molecule has 0 aliphatic rings. The monoisotopic (exact) mass is 248 g/mol. The van der Waals surface area contributed by atoms with Crippen LogP contribution in [0.2, 0.25) is 0 Å². The molecule has 18 heavy (non-hydrogen) atoms. The molecule has 0 radical (unpaired) electrons. The molecule has 0 saturated carbocycles. The molecule has 1 N–H and O–H groups in total. The summed E-state index contributed by atoms with van der Waals surface area (Å²) in [6, 6.07) is 6.56. The summed E-state index contributed by atoms with van der Waals surface area (Å²) in [6.45, 7) is 3.95. The zero-order valence-corrected chi connectivity index (χ0v) is 10.8. The molecule has 2 rings (SSSR count). The van der Waals surface area contributed by atoms with Gasteiger partial charge >= 0.3 is 0 Å². The van der Waals surface area contributed by atoms with Crippen LogP contribution in [0.4, 0.5) is 4.39 Å². The first-order valence-corrected chi connectivity index (χ1v) is 6.09. The zero-order valence-electron chi connectivity index (χ0n) is 10.8. The molecule has 0 saturated heterocycles. The third kappa shape index (κ3) is 2.10. The molecule has 4 heteroatoms. The quantitative estimate of drug-likeness (QED) is 0.890. The molecule has 1 unspecified atom stereocenters. The van der Waals surface area contributed by atoms with Crippen molar-refractivity contribution < 1.29 is 9.18 Å². The molecule has 1 aromatic carbocycles. The predicted molar refractivity (Wildman–Crippen MR) is 70.1 cm³/mol. The topological polar surface area (TPSA) is 34.0 Å². The van der Waals surface area contributed by atoms with E-state index in [0.29, 0.717) is 11.1 Å². The molecule has 1 aromatic heterocycles. The number of carbonyl (C=O) groups is 1. The number of halogens is 1.